The summed E-state index contributed by atoms with van der Waals surface area (Å²) < 4.78 is 0. The second kappa shape index (κ2) is 7.23. The minimum absolute atomic E-state index is 0.150. The summed E-state index contributed by atoms with van der Waals surface area (Å²) in [6, 6.07) is 0. The standard InChI is InChI=1S/C18H32N2S/c1-6-10-19-18(17-20-14(4)15(5)21-17)9-7-8-16(12-18)11-13(2)3/h13,16,19H,6-12H2,1-5H3. The first kappa shape index (κ1) is 17.0. The van der Waals surface area contributed by atoms with E-state index in [1.807, 2.05) is 11.3 Å². The van der Waals surface area contributed by atoms with E-state index in [1.54, 1.807) is 0 Å². The van der Waals surface area contributed by atoms with Gasteiger partial charge in [0.1, 0.15) is 5.01 Å². The van der Waals surface area contributed by atoms with Crippen molar-refractivity contribution in [3.05, 3.63) is 15.6 Å². The summed E-state index contributed by atoms with van der Waals surface area (Å²) in [7, 11) is 0. The molecule has 3 heteroatoms. The molecular formula is C18H32N2S. The molecule has 1 aromatic rings. The Kier molecular flexibility index (Phi) is 5.84. The topological polar surface area (TPSA) is 24.9 Å². The van der Waals surface area contributed by atoms with Gasteiger partial charge in [-0.25, -0.2) is 4.98 Å². The third-order valence-corrected chi connectivity index (χ3v) is 6.09. The van der Waals surface area contributed by atoms with E-state index in [0.717, 1.165) is 18.4 Å². The smallest absolute Gasteiger partial charge is 0.113 e. The van der Waals surface area contributed by atoms with Crippen LogP contribution in [0.25, 0.3) is 0 Å². The average molecular weight is 309 g/mol. The Morgan fingerprint density at radius 2 is 2.14 bits per heavy atom. The van der Waals surface area contributed by atoms with Crippen molar-refractivity contribution < 1.29 is 0 Å². The minimum Gasteiger partial charge on any atom is -0.305 e. The SMILES string of the molecule is CCCNC1(c2nc(C)c(C)s2)CCCC(CC(C)C)C1. The summed E-state index contributed by atoms with van der Waals surface area (Å²) in [5.41, 5.74) is 1.37. The molecule has 120 valence electrons. The van der Waals surface area contributed by atoms with Crippen molar-refractivity contribution in [1.29, 1.82) is 0 Å². The van der Waals surface area contributed by atoms with Crippen LogP contribution in [0.3, 0.4) is 0 Å². The van der Waals surface area contributed by atoms with E-state index >= 15 is 0 Å². The lowest BCUT2D eigenvalue weighted by molar-refractivity contribution is 0.162. The fourth-order valence-corrected chi connectivity index (χ4v) is 4.85. The third-order valence-electron chi connectivity index (χ3n) is 4.81. The molecule has 0 saturated heterocycles. The number of aryl methyl sites for hydroxylation is 2. The van der Waals surface area contributed by atoms with Crippen molar-refractivity contribution in [2.45, 2.75) is 78.7 Å². The highest BCUT2D eigenvalue weighted by molar-refractivity contribution is 7.11. The van der Waals surface area contributed by atoms with Crippen LogP contribution < -0.4 is 5.32 Å². The Labute approximate surface area is 134 Å². The molecule has 2 nitrogen and oxygen atoms in total. The molecule has 1 saturated carbocycles. The third kappa shape index (κ3) is 4.07. The van der Waals surface area contributed by atoms with Crippen LogP contribution in [0.15, 0.2) is 0 Å². The van der Waals surface area contributed by atoms with Crippen molar-refractivity contribution in [2.24, 2.45) is 11.8 Å². The second-order valence-electron chi connectivity index (χ2n) is 7.26. The Bertz CT molecular complexity index is 433. The van der Waals surface area contributed by atoms with Gasteiger partial charge in [-0.3, -0.25) is 0 Å². The number of nitrogens with one attached hydrogen (secondary N) is 1. The number of aromatic nitrogens is 1. The first-order valence-electron chi connectivity index (χ1n) is 8.66. The summed E-state index contributed by atoms with van der Waals surface area (Å²) in [4.78, 5) is 6.31. The molecule has 1 aliphatic carbocycles. The van der Waals surface area contributed by atoms with E-state index < -0.39 is 0 Å². The van der Waals surface area contributed by atoms with Crippen LogP contribution in [-0.4, -0.2) is 11.5 Å². The summed E-state index contributed by atoms with van der Waals surface area (Å²) in [5.74, 6) is 1.66. The Morgan fingerprint density at radius 1 is 1.38 bits per heavy atom. The van der Waals surface area contributed by atoms with E-state index in [2.05, 4.69) is 39.9 Å². The van der Waals surface area contributed by atoms with Crippen LogP contribution in [0.4, 0.5) is 0 Å². The Morgan fingerprint density at radius 3 is 2.71 bits per heavy atom. The maximum atomic E-state index is 4.93. The summed E-state index contributed by atoms with van der Waals surface area (Å²) in [5, 5.41) is 5.24. The van der Waals surface area contributed by atoms with Gasteiger partial charge in [-0.15, -0.1) is 11.3 Å². The monoisotopic (exact) mass is 308 g/mol. The molecule has 21 heavy (non-hydrogen) atoms. The number of hydrogen-bond donors (Lipinski definition) is 1. The Balaban J connectivity index is 2.23. The van der Waals surface area contributed by atoms with Gasteiger partial charge < -0.3 is 5.32 Å². The van der Waals surface area contributed by atoms with E-state index in [1.165, 1.54) is 54.1 Å². The number of rotatable bonds is 6. The van der Waals surface area contributed by atoms with Crippen LogP contribution in [0.1, 0.15) is 74.9 Å². The molecule has 2 rings (SSSR count). The lowest BCUT2D eigenvalue weighted by atomic mass is 9.73. The largest absolute Gasteiger partial charge is 0.305 e. The fraction of sp³-hybridized carbons (Fsp3) is 0.833. The van der Waals surface area contributed by atoms with Gasteiger partial charge in [0.15, 0.2) is 0 Å². The van der Waals surface area contributed by atoms with E-state index in [-0.39, 0.29) is 5.54 Å². The van der Waals surface area contributed by atoms with Crippen molar-refractivity contribution in [3.63, 3.8) is 0 Å². The molecule has 0 bridgehead atoms. The number of hydrogen-bond acceptors (Lipinski definition) is 3. The molecule has 2 atom stereocenters. The van der Waals surface area contributed by atoms with Crippen LogP contribution in [-0.2, 0) is 5.54 Å². The molecule has 0 aliphatic heterocycles. The van der Waals surface area contributed by atoms with E-state index in [0.29, 0.717) is 0 Å². The quantitative estimate of drug-likeness (QED) is 0.782. The van der Waals surface area contributed by atoms with Gasteiger partial charge in [-0.2, -0.15) is 0 Å². The fourth-order valence-electron chi connectivity index (χ4n) is 3.73. The summed E-state index contributed by atoms with van der Waals surface area (Å²) in [6.07, 6.45) is 7.83. The lowest BCUT2D eigenvalue weighted by Crippen LogP contribution is -2.46. The number of thiazole rings is 1. The molecule has 1 aliphatic rings. The van der Waals surface area contributed by atoms with Crippen molar-refractivity contribution >= 4 is 11.3 Å². The number of nitrogens with zero attached hydrogens (tertiary/aromatic N) is 1. The van der Waals surface area contributed by atoms with Gasteiger partial charge in [0, 0.05) is 4.88 Å². The van der Waals surface area contributed by atoms with Gasteiger partial charge in [0.25, 0.3) is 0 Å². The molecular weight excluding hydrogens is 276 g/mol. The van der Waals surface area contributed by atoms with Crippen molar-refractivity contribution in [1.82, 2.24) is 10.3 Å². The highest BCUT2D eigenvalue weighted by atomic mass is 32.1. The molecule has 2 unspecified atom stereocenters. The molecule has 1 fully saturated rings. The van der Waals surface area contributed by atoms with Crippen molar-refractivity contribution in [2.75, 3.05) is 6.54 Å². The van der Waals surface area contributed by atoms with Crippen LogP contribution in [0.5, 0.6) is 0 Å². The first-order chi connectivity index (χ1) is 9.97. The van der Waals surface area contributed by atoms with Crippen LogP contribution >= 0.6 is 11.3 Å². The normalized spacial score (nSPS) is 26.5. The van der Waals surface area contributed by atoms with Gasteiger partial charge in [-0.05, 0) is 57.9 Å². The summed E-state index contributed by atoms with van der Waals surface area (Å²) in [6.45, 7) is 12.4. The van der Waals surface area contributed by atoms with Crippen LogP contribution in [0, 0.1) is 25.7 Å². The molecule has 0 spiro atoms. The zero-order chi connectivity index (χ0) is 15.5. The van der Waals surface area contributed by atoms with E-state index in [4.69, 9.17) is 4.98 Å². The predicted octanol–water partition coefficient (Wildman–Crippen LogP) is 5.19. The molecule has 1 heterocycles. The first-order valence-corrected chi connectivity index (χ1v) is 9.48. The predicted molar refractivity (Wildman–Crippen MR) is 93.0 cm³/mol. The molecule has 0 amide bonds. The van der Waals surface area contributed by atoms with Crippen LogP contribution in [0.2, 0.25) is 0 Å². The Hall–Kier alpha value is -0.410. The molecule has 1 N–H and O–H groups in total. The molecule has 0 aromatic carbocycles. The maximum Gasteiger partial charge on any atom is 0.113 e. The molecule has 0 radical (unpaired) electrons. The van der Waals surface area contributed by atoms with Gasteiger partial charge in [0.2, 0.25) is 0 Å². The molecule has 1 aromatic heterocycles. The minimum atomic E-state index is 0.150. The average Bonchev–Trinajstić information content (AvgIpc) is 2.77. The lowest BCUT2D eigenvalue weighted by Gasteiger charge is -2.41. The highest BCUT2D eigenvalue weighted by Gasteiger charge is 2.39. The highest BCUT2D eigenvalue weighted by Crippen LogP contribution is 2.43. The zero-order valence-electron chi connectivity index (χ0n) is 14.5. The zero-order valence-corrected chi connectivity index (χ0v) is 15.3. The van der Waals surface area contributed by atoms with Gasteiger partial charge in [-0.1, -0.05) is 33.6 Å². The van der Waals surface area contributed by atoms with Crippen molar-refractivity contribution in [3.8, 4) is 0 Å². The summed E-state index contributed by atoms with van der Waals surface area (Å²) >= 11 is 1.92. The maximum absolute atomic E-state index is 4.93. The van der Waals surface area contributed by atoms with E-state index in [9.17, 15) is 0 Å². The van der Waals surface area contributed by atoms with Gasteiger partial charge >= 0.3 is 0 Å². The second-order valence-corrected chi connectivity index (χ2v) is 8.46. The van der Waals surface area contributed by atoms with Gasteiger partial charge in [0.05, 0.1) is 11.2 Å².